The van der Waals surface area contributed by atoms with Gasteiger partial charge in [0.2, 0.25) is 5.91 Å². The highest BCUT2D eigenvalue weighted by molar-refractivity contribution is 6.30. The molecule has 2 aromatic heterocycles. The molecule has 3 aromatic rings. The number of hydrogen-bond donors (Lipinski definition) is 1. The summed E-state index contributed by atoms with van der Waals surface area (Å²) in [6, 6.07) is 9.52. The molecule has 3 aliphatic rings. The van der Waals surface area contributed by atoms with E-state index in [1.54, 1.807) is 35.4 Å². The summed E-state index contributed by atoms with van der Waals surface area (Å²) in [6.45, 7) is 4.76. The Morgan fingerprint density at radius 3 is 2.76 bits per heavy atom. The first-order valence-corrected chi connectivity index (χ1v) is 13.0. The van der Waals surface area contributed by atoms with E-state index >= 15 is 0 Å². The number of pyridine rings is 1. The highest BCUT2D eigenvalue weighted by atomic mass is 35.5. The first-order valence-electron chi connectivity index (χ1n) is 12.6. The minimum absolute atomic E-state index is 0.0440. The van der Waals surface area contributed by atoms with Crippen LogP contribution in [0.25, 0.3) is 0 Å². The van der Waals surface area contributed by atoms with Gasteiger partial charge in [-0.1, -0.05) is 11.6 Å². The lowest BCUT2D eigenvalue weighted by Crippen LogP contribution is -2.43. The average Bonchev–Trinajstić information content (AvgIpc) is 3.32. The number of piperidine rings is 1. The smallest absolute Gasteiger partial charge is 0.254 e. The number of anilines is 1. The summed E-state index contributed by atoms with van der Waals surface area (Å²) >= 11 is 6.12. The minimum atomic E-state index is -0.163. The summed E-state index contributed by atoms with van der Waals surface area (Å²) < 4.78 is 1.76. The minimum Gasteiger partial charge on any atom is -0.349 e. The van der Waals surface area contributed by atoms with Gasteiger partial charge in [0.25, 0.3) is 5.91 Å². The average molecular weight is 515 g/mol. The third-order valence-electron chi connectivity index (χ3n) is 8.04. The fourth-order valence-electron chi connectivity index (χ4n) is 5.62. The highest BCUT2D eigenvalue weighted by Crippen LogP contribution is 2.47. The predicted octanol–water partition coefficient (Wildman–Crippen LogP) is 4.38. The van der Waals surface area contributed by atoms with Gasteiger partial charge in [-0.3, -0.25) is 19.2 Å². The molecule has 1 aliphatic heterocycles. The van der Waals surface area contributed by atoms with Crippen molar-refractivity contribution in [2.45, 2.75) is 51.1 Å². The van der Waals surface area contributed by atoms with Gasteiger partial charge < -0.3 is 5.32 Å². The third kappa shape index (κ3) is 4.27. The van der Waals surface area contributed by atoms with Gasteiger partial charge in [0.05, 0.1) is 29.4 Å². The van der Waals surface area contributed by atoms with Crippen LogP contribution in [0.2, 0.25) is 5.02 Å². The van der Waals surface area contributed by atoms with Gasteiger partial charge in [-0.25, -0.2) is 4.98 Å². The van der Waals surface area contributed by atoms with Gasteiger partial charge in [0.15, 0.2) is 0 Å². The molecule has 3 atom stereocenters. The van der Waals surface area contributed by atoms with E-state index in [9.17, 15) is 14.9 Å². The number of nitrogens with one attached hydrogen (secondary N) is 1. The molecule has 37 heavy (non-hydrogen) atoms. The first kappa shape index (κ1) is 23.7. The second-order valence-corrected chi connectivity index (χ2v) is 11.0. The topological polar surface area (TPSA) is 104 Å². The Hall–Kier alpha value is -3.70. The van der Waals surface area contributed by atoms with Crippen molar-refractivity contribution in [3.05, 3.63) is 75.7 Å². The van der Waals surface area contributed by atoms with Crippen molar-refractivity contribution >= 4 is 29.2 Å². The Bertz CT molecular complexity index is 1450. The Balaban J connectivity index is 1.08. The Kier molecular flexibility index (Phi) is 5.76. The van der Waals surface area contributed by atoms with Crippen molar-refractivity contribution in [2.24, 2.45) is 11.8 Å². The number of amides is 2. The summed E-state index contributed by atoms with van der Waals surface area (Å²) in [4.78, 5) is 31.8. The monoisotopic (exact) mass is 514 g/mol. The lowest BCUT2D eigenvalue weighted by Gasteiger charge is -2.36. The normalized spacial score (nSPS) is 24.7. The summed E-state index contributed by atoms with van der Waals surface area (Å²) in [5.74, 6) is 1.68. The van der Waals surface area contributed by atoms with E-state index in [0.29, 0.717) is 22.1 Å². The SMILES string of the molecule is Cc1cc([C@H](C)n2cc(C(=O)N[C@H]3C[C@@H](c4cc(Cl)ccc4C#N)C3)cn2)cnc1N1C[C@H]2C[C@H]2C1=O. The van der Waals surface area contributed by atoms with E-state index in [0.717, 1.165) is 48.3 Å². The van der Waals surface area contributed by atoms with Crippen LogP contribution < -0.4 is 10.2 Å². The summed E-state index contributed by atoms with van der Waals surface area (Å²) in [6.07, 6.45) is 7.68. The molecule has 0 radical (unpaired) electrons. The van der Waals surface area contributed by atoms with Gasteiger partial charge in [0, 0.05) is 35.9 Å². The maximum atomic E-state index is 12.9. The van der Waals surface area contributed by atoms with Gasteiger partial charge in [-0.05, 0) is 85.9 Å². The van der Waals surface area contributed by atoms with Crippen molar-refractivity contribution in [1.29, 1.82) is 5.26 Å². The fourth-order valence-corrected chi connectivity index (χ4v) is 5.80. The van der Waals surface area contributed by atoms with Gasteiger partial charge >= 0.3 is 0 Å². The number of nitriles is 1. The number of halogens is 1. The molecule has 1 N–H and O–H groups in total. The molecule has 3 fully saturated rings. The number of aryl methyl sites for hydroxylation is 1. The van der Waals surface area contributed by atoms with Crippen molar-refractivity contribution in [2.75, 3.05) is 11.4 Å². The zero-order valence-corrected chi connectivity index (χ0v) is 21.4. The maximum Gasteiger partial charge on any atom is 0.254 e. The van der Waals surface area contributed by atoms with Crippen LogP contribution in [0.5, 0.6) is 0 Å². The Labute approximate surface area is 220 Å². The van der Waals surface area contributed by atoms with E-state index in [1.165, 1.54) is 0 Å². The number of fused-ring (bicyclic) bond motifs is 1. The fraction of sp³-hybridized carbons (Fsp3) is 0.393. The molecular weight excluding hydrogens is 488 g/mol. The molecule has 2 aliphatic carbocycles. The van der Waals surface area contributed by atoms with E-state index in [4.69, 9.17) is 11.6 Å². The number of nitrogens with zero attached hydrogens (tertiary/aromatic N) is 5. The lowest BCUT2D eigenvalue weighted by molar-refractivity contribution is -0.118. The van der Waals surface area contributed by atoms with Crippen LogP contribution in [0, 0.1) is 30.1 Å². The summed E-state index contributed by atoms with van der Waals surface area (Å²) in [5.41, 5.74) is 4.01. The lowest BCUT2D eigenvalue weighted by atomic mass is 9.74. The van der Waals surface area contributed by atoms with Gasteiger partial charge in [0.1, 0.15) is 5.82 Å². The van der Waals surface area contributed by atoms with E-state index in [2.05, 4.69) is 21.5 Å². The van der Waals surface area contributed by atoms with Crippen LogP contribution in [-0.2, 0) is 4.79 Å². The van der Waals surface area contributed by atoms with Crippen molar-refractivity contribution in [3.8, 4) is 6.07 Å². The second-order valence-electron chi connectivity index (χ2n) is 10.5. The molecule has 0 spiro atoms. The molecule has 0 unspecified atom stereocenters. The highest BCUT2D eigenvalue weighted by Gasteiger charge is 2.53. The maximum absolute atomic E-state index is 12.9. The molecule has 8 nitrogen and oxygen atoms in total. The summed E-state index contributed by atoms with van der Waals surface area (Å²) in [7, 11) is 0. The number of carbonyl (C=O) groups is 2. The number of aromatic nitrogens is 3. The molecule has 2 saturated carbocycles. The summed E-state index contributed by atoms with van der Waals surface area (Å²) in [5, 5.41) is 17.5. The Morgan fingerprint density at radius 2 is 2.05 bits per heavy atom. The van der Waals surface area contributed by atoms with E-state index < -0.39 is 0 Å². The standard InChI is InChI=1S/C28H27ClN6O2/c1-15-5-19(11-31-26(15)34-13-20-8-25(20)28(34)37)16(2)35-14-21(12-32-35)27(36)33-23-6-18(7-23)24-9-22(29)4-3-17(24)10-30/h3-5,9,11-12,14,16,18,20,23,25H,6-8,13H2,1-2H3,(H,33,36)/t16-,18-,20+,23+,25+/m0/s1. The van der Waals surface area contributed by atoms with Crippen molar-refractivity contribution < 1.29 is 9.59 Å². The van der Waals surface area contributed by atoms with Crippen LogP contribution in [0.4, 0.5) is 5.82 Å². The van der Waals surface area contributed by atoms with Crippen LogP contribution in [-0.4, -0.2) is 39.2 Å². The molecular formula is C28H27ClN6O2. The number of rotatable bonds is 6. The molecule has 9 heteroatoms. The zero-order chi connectivity index (χ0) is 25.8. The first-order chi connectivity index (χ1) is 17.8. The predicted molar refractivity (Wildman–Crippen MR) is 138 cm³/mol. The van der Waals surface area contributed by atoms with Crippen LogP contribution in [0.1, 0.15) is 70.8 Å². The quantitative estimate of drug-likeness (QED) is 0.525. The molecule has 1 aromatic carbocycles. The van der Waals surface area contributed by atoms with Crippen molar-refractivity contribution in [1.82, 2.24) is 20.1 Å². The van der Waals surface area contributed by atoms with Crippen LogP contribution in [0.3, 0.4) is 0 Å². The van der Waals surface area contributed by atoms with Gasteiger partial charge in [-0.15, -0.1) is 0 Å². The van der Waals surface area contributed by atoms with Crippen molar-refractivity contribution in [3.63, 3.8) is 0 Å². The number of benzene rings is 1. The number of hydrogen-bond acceptors (Lipinski definition) is 5. The second kappa shape index (κ2) is 9.00. The number of carbonyl (C=O) groups excluding carboxylic acids is 2. The molecule has 6 rings (SSSR count). The Morgan fingerprint density at radius 1 is 1.24 bits per heavy atom. The van der Waals surface area contributed by atoms with Crippen LogP contribution in [0.15, 0.2) is 42.9 Å². The van der Waals surface area contributed by atoms with Crippen LogP contribution >= 0.6 is 11.6 Å². The molecule has 0 bridgehead atoms. The molecule has 2 amide bonds. The zero-order valence-electron chi connectivity index (χ0n) is 20.7. The molecule has 1 saturated heterocycles. The third-order valence-corrected chi connectivity index (χ3v) is 8.28. The molecule has 188 valence electrons. The molecule has 3 heterocycles. The largest absolute Gasteiger partial charge is 0.349 e. The van der Waals surface area contributed by atoms with E-state index in [-0.39, 0.29) is 35.7 Å². The van der Waals surface area contributed by atoms with Gasteiger partial charge in [-0.2, -0.15) is 10.4 Å². The van der Waals surface area contributed by atoms with E-state index in [1.807, 2.05) is 30.9 Å².